The van der Waals surface area contributed by atoms with Gasteiger partial charge >= 0.3 is 0 Å². The van der Waals surface area contributed by atoms with Gasteiger partial charge in [0.15, 0.2) is 0 Å². The first kappa shape index (κ1) is 12.6. The molecule has 0 radical (unpaired) electrons. The molecule has 0 saturated carbocycles. The van der Waals surface area contributed by atoms with E-state index in [1.807, 2.05) is 0 Å². The van der Waals surface area contributed by atoms with Crippen LogP contribution in [-0.2, 0) is 6.42 Å². The smallest absolute Gasteiger partial charge is 0.00227 e. The standard InChI is InChI=1S/C16H25N/c1-12(2)9-14-5-4-6-15(10-14)16-11-17-8-7-13(16)3/h4-6,10,12-13,16-17H,7-9,11H2,1-3H3. The molecule has 0 aliphatic carbocycles. The molecule has 1 nitrogen and oxygen atoms in total. The molecule has 1 fully saturated rings. The minimum absolute atomic E-state index is 0.705. The molecule has 2 unspecified atom stereocenters. The highest BCUT2D eigenvalue weighted by Crippen LogP contribution is 2.29. The number of piperidine rings is 1. The van der Waals surface area contributed by atoms with Crippen molar-refractivity contribution in [3.8, 4) is 0 Å². The molecule has 0 amide bonds. The number of hydrogen-bond donors (Lipinski definition) is 1. The average Bonchev–Trinajstić information content (AvgIpc) is 2.29. The maximum Gasteiger partial charge on any atom is 0.00227 e. The molecular weight excluding hydrogens is 206 g/mol. The van der Waals surface area contributed by atoms with Crippen molar-refractivity contribution in [2.45, 2.75) is 39.5 Å². The fourth-order valence-electron chi connectivity index (χ4n) is 2.86. The van der Waals surface area contributed by atoms with Gasteiger partial charge < -0.3 is 5.32 Å². The van der Waals surface area contributed by atoms with Crippen LogP contribution in [0.1, 0.15) is 44.2 Å². The van der Waals surface area contributed by atoms with Gasteiger partial charge in [0.2, 0.25) is 0 Å². The van der Waals surface area contributed by atoms with Gasteiger partial charge in [0.25, 0.3) is 0 Å². The lowest BCUT2D eigenvalue weighted by Gasteiger charge is -2.30. The van der Waals surface area contributed by atoms with Crippen molar-refractivity contribution >= 4 is 0 Å². The molecule has 1 aliphatic rings. The second-order valence-corrected chi connectivity index (χ2v) is 5.92. The van der Waals surface area contributed by atoms with Crippen LogP contribution in [-0.4, -0.2) is 13.1 Å². The van der Waals surface area contributed by atoms with E-state index < -0.39 is 0 Å². The van der Waals surface area contributed by atoms with E-state index in [1.165, 1.54) is 30.5 Å². The van der Waals surface area contributed by atoms with E-state index in [1.54, 1.807) is 0 Å². The molecule has 94 valence electrons. The van der Waals surface area contributed by atoms with Crippen molar-refractivity contribution in [3.05, 3.63) is 35.4 Å². The van der Waals surface area contributed by atoms with Crippen LogP contribution in [0.5, 0.6) is 0 Å². The normalized spacial score (nSPS) is 25.2. The van der Waals surface area contributed by atoms with Gasteiger partial charge in [-0.25, -0.2) is 0 Å². The maximum absolute atomic E-state index is 3.52. The van der Waals surface area contributed by atoms with E-state index in [2.05, 4.69) is 50.4 Å². The van der Waals surface area contributed by atoms with Gasteiger partial charge in [0, 0.05) is 6.54 Å². The molecule has 0 bridgehead atoms. The lowest BCUT2D eigenvalue weighted by molar-refractivity contribution is 0.348. The monoisotopic (exact) mass is 231 g/mol. The zero-order chi connectivity index (χ0) is 12.3. The van der Waals surface area contributed by atoms with Crippen LogP contribution in [0.4, 0.5) is 0 Å². The number of nitrogens with one attached hydrogen (secondary N) is 1. The Balaban J connectivity index is 2.14. The number of rotatable bonds is 3. The van der Waals surface area contributed by atoms with Crippen molar-refractivity contribution in [3.63, 3.8) is 0 Å². The number of hydrogen-bond acceptors (Lipinski definition) is 1. The lowest BCUT2D eigenvalue weighted by Crippen LogP contribution is -2.33. The van der Waals surface area contributed by atoms with Crippen LogP contribution in [0.3, 0.4) is 0 Å². The van der Waals surface area contributed by atoms with Gasteiger partial charge in [-0.1, -0.05) is 45.0 Å². The average molecular weight is 231 g/mol. The van der Waals surface area contributed by atoms with Crippen LogP contribution in [0.2, 0.25) is 0 Å². The molecule has 1 heteroatoms. The van der Waals surface area contributed by atoms with Crippen LogP contribution >= 0.6 is 0 Å². The lowest BCUT2D eigenvalue weighted by atomic mass is 9.82. The highest BCUT2D eigenvalue weighted by molar-refractivity contribution is 5.28. The summed E-state index contributed by atoms with van der Waals surface area (Å²) in [6, 6.07) is 9.23. The molecule has 0 spiro atoms. The van der Waals surface area contributed by atoms with E-state index in [-0.39, 0.29) is 0 Å². The van der Waals surface area contributed by atoms with E-state index >= 15 is 0 Å². The van der Waals surface area contributed by atoms with E-state index in [9.17, 15) is 0 Å². The highest BCUT2D eigenvalue weighted by Gasteiger charge is 2.22. The molecule has 2 atom stereocenters. The summed E-state index contributed by atoms with van der Waals surface area (Å²) in [5, 5.41) is 3.52. The van der Waals surface area contributed by atoms with Gasteiger partial charge in [0.05, 0.1) is 0 Å². The van der Waals surface area contributed by atoms with E-state index in [0.717, 1.165) is 18.4 Å². The van der Waals surface area contributed by atoms with Gasteiger partial charge in [-0.3, -0.25) is 0 Å². The topological polar surface area (TPSA) is 12.0 Å². The summed E-state index contributed by atoms with van der Waals surface area (Å²) in [5.74, 6) is 2.26. The Kier molecular flexibility index (Phi) is 4.22. The molecule has 1 saturated heterocycles. The second kappa shape index (κ2) is 5.68. The quantitative estimate of drug-likeness (QED) is 0.838. The second-order valence-electron chi connectivity index (χ2n) is 5.92. The zero-order valence-corrected chi connectivity index (χ0v) is 11.4. The summed E-state index contributed by atoms with van der Waals surface area (Å²) in [6.45, 7) is 9.30. The zero-order valence-electron chi connectivity index (χ0n) is 11.4. The summed E-state index contributed by atoms with van der Waals surface area (Å²) in [6.07, 6.45) is 2.50. The fourth-order valence-corrected chi connectivity index (χ4v) is 2.86. The Hall–Kier alpha value is -0.820. The third-order valence-electron chi connectivity index (χ3n) is 3.85. The minimum atomic E-state index is 0.705. The molecule has 1 aromatic carbocycles. The first-order chi connectivity index (χ1) is 8.16. The van der Waals surface area contributed by atoms with Crippen molar-refractivity contribution in [2.75, 3.05) is 13.1 Å². The first-order valence-corrected chi connectivity index (χ1v) is 6.96. The van der Waals surface area contributed by atoms with E-state index in [4.69, 9.17) is 0 Å². The van der Waals surface area contributed by atoms with Crippen molar-refractivity contribution in [1.29, 1.82) is 0 Å². The molecule has 2 rings (SSSR count). The summed E-state index contributed by atoms with van der Waals surface area (Å²) in [7, 11) is 0. The van der Waals surface area contributed by atoms with Gasteiger partial charge in [0.1, 0.15) is 0 Å². The molecule has 1 heterocycles. The Morgan fingerprint density at radius 1 is 1.35 bits per heavy atom. The van der Waals surface area contributed by atoms with Gasteiger partial charge in [-0.15, -0.1) is 0 Å². The van der Waals surface area contributed by atoms with Crippen LogP contribution in [0, 0.1) is 11.8 Å². The highest BCUT2D eigenvalue weighted by atomic mass is 14.9. The molecular formula is C16H25N. The Bertz CT molecular complexity index is 356. The van der Waals surface area contributed by atoms with Crippen LogP contribution < -0.4 is 5.32 Å². The Morgan fingerprint density at radius 2 is 2.18 bits per heavy atom. The maximum atomic E-state index is 3.52. The minimum Gasteiger partial charge on any atom is -0.316 e. The van der Waals surface area contributed by atoms with Gasteiger partial charge in [-0.05, 0) is 48.3 Å². The van der Waals surface area contributed by atoms with Crippen LogP contribution in [0.15, 0.2) is 24.3 Å². The van der Waals surface area contributed by atoms with Crippen molar-refractivity contribution in [1.82, 2.24) is 5.32 Å². The molecule has 0 aromatic heterocycles. The summed E-state index contributed by atoms with van der Waals surface area (Å²) < 4.78 is 0. The van der Waals surface area contributed by atoms with E-state index in [0.29, 0.717) is 5.92 Å². The summed E-state index contributed by atoms with van der Waals surface area (Å²) in [4.78, 5) is 0. The Labute approximate surface area is 106 Å². The van der Waals surface area contributed by atoms with Crippen molar-refractivity contribution < 1.29 is 0 Å². The molecule has 1 N–H and O–H groups in total. The molecule has 1 aliphatic heterocycles. The first-order valence-electron chi connectivity index (χ1n) is 6.96. The molecule has 17 heavy (non-hydrogen) atoms. The predicted octanol–water partition coefficient (Wildman–Crippen LogP) is 3.60. The predicted molar refractivity (Wildman–Crippen MR) is 74.4 cm³/mol. The third-order valence-corrected chi connectivity index (χ3v) is 3.85. The number of benzene rings is 1. The summed E-state index contributed by atoms with van der Waals surface area (Å²) >= 11 is 0. The Morgan fingerprint density at radius 3 is 2.88 bits per heavy atom. The SMILES string of the molecule is CC(C)Cc1cccc(C2CNCCC2C)c1. The van der Waals surface area contributed by atoms with Crippen LogP contribution in [0.25, 0.3) is 0 Å². The summed E-state index contributed by atoms with van der Waals surface area (Å²) in [5.41, 5.74) is 3.03. The largest absolute Gasteiger partial charge is 0.316 e. The van der Waals surface area contributed by atoms with Crippen molar-refractivity contribution in [2.24, 2.45) is 11.8 Å². The van der Waals surface area contributed by atoms with Gasteiger partial charge in [-0.2, -0.15) is 0 Å². The fraction of sp³-hybridized carbons (Fsp3) is 0.625. The third kappa shape index (κ3) is 3.32. The molecule has 1 aromatic rings.